The second kappa shape index (κ2) is 6.61. The highest BCUT2D eigenvalue weighted by Gasteiger charge is 2.20. The van der Waals surface area contributed by atoms with Gasteiger partial charge in [-0.15, -0.1) is 0 Å². The quantitative estimate of drug-likeness (QED) is 0.666. The fourth-order valence-corrected chi connectivity index (χ4v) is 3.66. The molecule has 0 atom stereocenters. The van der Waals surface area contributed by atoms with Gasteiger partial charge in [-0.1, -0.05) is 31.5 Å². The number of thioether (sulfide) groups is 1. The topological polar surface area (TPSA) is 21.6 Å². The van der Waals surface area contributed by atoms with Gasteiger partial charge in [0.1, 0.15) is 0 Å². The maximum Gasteiger partial charge on any atom is 0.255 e. The molecular weight excluding hydrogens is 357 g/mol. The number of methoxy groups -OCH3 is 1. The summed E-state index contributed by atoms with van der Waals surface area (Å²) in [6, 6.07) is 8.26. The number of aliphatic imine (C=N–C) groups is 1. The SMILES string of the molecule is CCCC/C(I)=C1/SC(OC)=Nc2ccccc21. The molecule has 0 radical (unpaired) electrons. The molecule has 1 aliphatic rings. The van der Waals surface area contributed by atoms with Crippen LogP contribution in [-0.4, -0.2) is 12.3 Å². The average molecular weight is 373 g/mol. The number of benzene rings is 1. The van der Waals surface area contributed by atoms with Gasteiger partial charge in [0.25, 0.3) is 5.23 Å². The Bertz CT molecular complexity index is 496. The van der Waals surface area contributed by atoms with E-state index >= 15 is 0 Å². The zero-order chi connectivity index (χ0) is 13.0. The van der Waals surface area contributed by atoms with Crippen molar-refractivity contribution in [3.8, 4) is 0 Å². The number of unbranched alkanes of at least 4 members (excludes halogenated alkanes) is 1. The van der Waals surface area contributed by atoms with Crippen molar-refractivity contribution in [1.29, 1.82) is 0 Å². The lowest BCUT2D eigenvalue weighted by atomic mass is 10.1. The molecule has 1 aromatic carbocycles. The second-order valence-corrected chi connectivity index (χ2v) is 6.30. The van der Waals surface area contributed by atoms with Crippen LogP contribution in [0, 0.1) is 0 Å². The number of halogens is 1. The number of hydrogen-bond donors (Lipinski definition) is 0. The van der Waals surface area contributed by atoms with E-state index in [1.807, 2.05) is 12.1 Å². The maximum atomic E-state index is 5.31. The van der Waals surface area contributed by atoms with Gasteiger partial charge >= 0.3 is 0 Å². The van der Waals surface area contributed by atoms with Gasteiger partial charge in [-0.05, 0) is 53.3 Å². The molecule has 1 heterocycles. The molecule has 0 amide bonds. The smallest absolute Gasteiger partial charge is 0.255 e. The van der Waals surface area contributed by atoms with E-state index in [0.717, 1.165) is 17.3 Å². The number of para-hydroxylation sites is 1. The molecule has 0 bridgehead atoms. The Labute approximate surface area is 126 Å². The van der Waals surface area contributed by atoms with Gasteiger partial charge in [0.2, 0.25) is 0 Å². The first kappa shape index (κ1) is 13.9. The van der Waals surface area contributed by atoms with Gasteiger partial charge in [0.05, 0.1) is 12.8 Å². The Morgan fingerprint density at radius 2 is 2.17 bits per heavy atom. The van der Waals surface area contributed by atoms with E-state index in [1.54, 1.807) is 18.9 Å². The third-order valence-electron chi connectivity index (χ3n) is 2.72. The summed E-state index contributed by atoms with van der Waals surface area (Å²) in [7, 11) is 1.68. The first-order valence-corrected chi connectivity index (χ1v) is 7.94. The lowest BCUT2D eigenvalue weighted by Crippen LogP contribution is -2.01. The van der Waals surface area contributed by atoms with Crippen molar-refractivity contribution in [2.45, 2.75) is 26.2 Å². The summed E-state index contributed by atoms with van der Waals surface area (Å²) in [6.45, 7) is 2.22. The van der Waals surface area contributed by atoms with E-state index in [9.17, 15) is 0 Å². The Morgan fingerprint density at radius 3 is 2.89 bits per heavy atom. The Kier molecular flexibility index (Phi) is 5.12. The van der Waals surface area contributed by atoms with Crippen LogP contribution in [0.1, 0.15) is 31.7 Å². The Morgan fingerprint density at radius 1 is 1.39 bits per heavy atom. The molecular formula is C14H16INOS. The molecule has 0 unspecified atom stereocenters. The lowest BCUT2D eigenvalue weighted by Gasteiger charge is -2.18. The van der Waals surface area contributed by atoms with Crippen LogP contribution in [0.15, 0.2) is 32.8 Å². The predicted octanol–water partition coefficient (Wildman–Crippen LogP) is 5.36. The first-order valence-electron chi connectivity index (χ1n) is 6.04. The summed E-state index contributed by atoms with van der Waals surface area (Å²) >= 11 is 4.09. The van der Waals surface area contributed by atoms with Crippen LogP contribution in [0.3, 0.4) is 0 Å². The van der Waals surface area contributed by atoms with Crippen molar-refractivity contribution in [2.24, 2.45) is 4.99 Å². The minimum Gasteiger partial charge on any atom is -0.476 e. The largest absolute Gasteiger partial charge is 0.476 e. The van der Waals surface area contributed by atoms with Crippen LogP contribution in [-0.2, 0) is 4.74 Å². The summed E-state index contributed by atoms with van der Waals surface area (Å²) in [6.07, 6.45) is 3.58. The molecule has 0 spiro atoms. The highest BCUT2D eigenvalue weighted by atomic mass is 127. The predicted molar refractivity (Wildman–Crippen MR) is 88.6 cm³/mol. The molecule has 2 nitrogen and oxygen atoms in total. The van der Waals surface area contributed by atoms with Gasteiger partial charge in [-0.2, -0.15) is 0 Å². The lowest BCUT2D eigenvalue weighted by molar-refractivity contribution is 0.416. The summed E-state index contributed by atoms with van der Waals surface area (Å²) < 4.78 is 6.71. The van der Waals surface area contributed by atoms with E-state index in [0.29, 0.717) is 0 Å². The normalized spacial score (nSPS) is 16.9. The van der Waals surface area contributed by atoms with Gasteiger partial charge in [0, 0.05) is 14.0 Å². The summed E-state index contributed by atoms with van der Waals surface area (Å²) in [5.41, 5.74) is 2.23. The molecule has 1 aromatic rings. The number of nitrogens with zero attached hydrogens (tertiary/aromatic N) is 1. The van der Waals surface area contributed by atoms with E-state index in [1.165, 1.54) is 26.9 Å². The molecule has 0 fully saturated rings. The van der Waals surface area contributed by atoms with Gasteiger partial charge in [-0.3, -0.25) is 0 Å². The van der Waals surface area contributed by atoms with Crippen molar-refractivity contribution < 1.29 is 4.74 Å². The standard InChI is InChI=1S/C14H16INOS/c1-3-4-8-11(15)13-10-7-5-6-9-12(10)16-14(17-2)18-13/h5-7,9H,3-4,8H2,1-2H3/b13-11-. The minimum absolute atomic E-state index is 0.731. The second-order valence-electron chi connectivity index (χ2n) is 4.04. The first-order chi connectivity index (χ1) is 8.76. The summed E-state index contributed by atoms with van der Waals surface area (Å²) in [5.74, 6) is 0. The summed E-state index contributed by atoms with van der Waals surface area (Å²) in [4.78, 5) is 5.79. The number of allylic oxidation sites excluding steroid dienone is 1. The maximum absolute atomic E-state index is 5.31. The molecule has 96 valence electrons. The number of fused-ring (bicyclic) bond motifs is 1. The molecule has 0 aliphatic carbocycles. The third kappa shape index (κ3) is 3.09. The Hall–Kier alpha value is -0.490. The van der Waals surface area contributed by atoms with E-state index in [2.05, 4.69) is 46.6 Å². The molecule has 0 saturated carbocycles. The molecule has 1 aliphatic heterocycles. The number of hydrogen-bond acceptors (Lipinski definition) is 3. The third-order valence-corrected chi connectivity index (χ3v) is 5.27. The number of rotatable bonds is 3. The van der Waals surface area contributed by atoms with E-state index in [4.69, 9.17) is 4.74 Å². The van der Waals surface area contributed by atoms with E-state index < -0.39 is 0 Å². The van der Waals surface area contributed by atoms with Crippen molar-refractivity contribution in [3.63, 3.8) is 0 Å². The van der Waals surface area contributed by atoms with Crippen molar-refractivity contribution in [3.05, 3.63) is 33.4 Å². The fourth-order valence-electron chi connectivity index (χ4n) is 1.76. The van der Waals surface area contributed by atoms with Crippen LogP contribution >= 0.6 is 34.4 Å². The minimum atomic E-state index is 0.731. The van der Waals surface area contributed by atoms with Gasteiger partial charge < -0.3 is 4.74 Å². The molecule has 0 aromatic heterocycles. The highest BCUT2D eigenvalue weighted by molar-refractivity contribution is 14.1. The molecule has 0 saturated heterocycles. The molecule has 4 heteroatoms. The van der Waals surface area contributed by atoms with Crippen LogP contribution < -0.4 is 0 Å². The van der Waals surface area contributed by atoms with Crippen molar-refractivity contribution >= 4 is 50.2 Å². The van der Waals surface area contributed by atoms with Crippen LogP contribution in [0.5, 0.6) is 0 Å². The van der Waals surface area contributed by atoms with Crippen LogP contribution in [0.25, 0.3) is 4.91 Å². The fraction of sp³-hybridized carbons (Fsp3) is 0.357. The van der Waals surface area contributed by atoms with E-state index in [-0.39, 0.29) is 0 Å². The van der Waals surface area contributed by atoms with Gasteiger partial charge in [0.15, 0.2) is 0 Å². The Balaban J connectivity index is 2.41. The van der Waals surface area contributed by atoms with Crippen LogP contribution in [0.4, 0.5) is 5.69 Å². The van der Waals surface area contributed by atoms with Crippen molar-refractivity contribution in [2.75, 3.05) is 7.11 Å². The molecule has 0 N–H and O–H groups in total. The molecule has 2 rings (SSSR count). The van der Waals surface area contributed by atoms with Crippen LogP contribution in [0.2, 0.25) is 0 Å². The molecule has 18 heavy (non-hydrogen) atoms. The zero-order valence-electron chi connectivity index (χ0n) is 10.6. The highest BCUT2D eigenvalue weighted by Crippen LogP contribution is 2.44. The average Bonchev–Trinajstić information content (AvgIpc) is 2.43. The summed E-state index contributed by atoms with van der Waals surface area (Å²) in [5, 5.41) is 0.731. The monoisotopic (exact) mass is 373 g/mol. The van der Waals surface area contributed by atoms with Gasteiger partial charge in [-0.25, -0.2) is 4.99 Å². The number of ether oxygens (including phenoxy) is 1. The zero-order valence-corrected chi connectivity index (χ0v) is 13.5. The van der Waals surface area contributed by atoms with Crippen molar-refractivity contribution in [1.82, 2.24) is 0 Å².